The molecule has 120 valence electrons. The Labute approximate surface area is 143 Å². The minimum Gasteiger partial charge on any atom is -0.508 e. The van der Waals surface area contributed by atoms with Gasteiger partial charge in [-0.25, -0.2) is 8.42 Å². The lowest BCUT2D eigenvalue weighted by Crippen LogP contribution is -2.12. The molecule has 7 heteroatoms. The normalized spacial score (nSPS) is 11.7. The van der Waals surface area contributed by atoms with Gasteiger partial charge in [0.15, 0.2) is 0 Å². The fraction of sp³-hybridized carbons (Fsp3) is 0.125. The molecular formula is C16H14ClNO3S2. The first-order chi connectivity index (χ1) is 10.9. The Balaban J connectivity index is 2.00. The summed E-state index contributed by atoms with van der Waals surface area (Å²) in [7, 11) is -3.69. The van der Waals surface area contributed by atoms with Gasteiger partial charge in [0.25, 0.3) is 10.0 Å². The van der Waals surface area contributed by atoms with E-state index < -0.39 is 10.0 Å². The highest BCUT2D eigenvalue weighted by Gasteiger charge is 2.19. The summed E-state index contributed by atoms with van der Waals surface area (Å²) in [6.45, 7) is 1.90. The molecule has 0 fully saturated rings. The van der Waals surface area contributed by atoms with E-state index in [2.05, 4.69) is 4.72 Å². The fourth-order valence-corrected chi connectivity index (χ4v) is 4.95. The summed E-state index contributed by atoms with van der Waals surface area (Å²) in [6, 6.07) is 11.5. The van der Waals surface area contributed by atoms with Crippen LogP contribution in [0.2, 0.25) is 5.02 Å². The van der Waals surface area contributed by atoms with Crippen LogP contribution in [-0.4, -0.2) is 13.5 Å². The van der Waals surface area contributed by atoms with Crippen LogP contribution >= 0.6 is 22.9 Å². The second-order valence-electron chi connectivity index (χ2n) is 5.05. The third kappa shape index (κ3) is 3.29. The van der Waals surface area contributed by atoms with Gasteiger partial charge in [-0.15, -0.1) is 11.3 Å². The topological polar surface area (TPSA) is 66.4 Å². The largest absolute Gasteiger partial charge is 0.508 e. The molecule has 2 N–H and O–H groups in total. The van der Waals surface area contributed by atoms with E-state index in [0.29, 0.717) is 17.1 Å². The van der Waals surface area contributed by atoms with Gasteiger partial charge in [-0.05, 0) is 59.8 Å². The summed E-state index contributed by atoms with van der Waals surface area (Å²) in [4.78, 5) is 0. The van der Waals surface area contributed by atoms with Crippen molar-refractivity contribution in [2.75, 3.05) is 4.72 Å². The zero-order chi connectivity index (χ0) is 16.6. The molecule has 0 amide bonds. The number of benzene rings is 2. The van der Waals surface area contributed by atoms with Crippen molar-refractivity contribution < 1.29 is 13.5 Å². The molecule has 0 atom stereocenters. The zero-order valence-electron chi connectivity index (χ0n) is 12.2. The summed E-state index contributed by atoms with van der Waals surface area (Å²) in [5, 5.41) is 10.9. The van der Waals surface area contributed by atoms with E-state index in [-0.39, 0.29) is 9.96 Å². The summed E-state index contributed by atoms with van der Waals surface area (Å²) in [5.74, 6) is 0.112. The maximum Gasteiger partial charge on any atom is 0.271 e. The number of aromatic hydroxyl groups is 1. The van der Waals surface area contributed by atoms with E-state index >= 15 is 0 Å². The van der Waals surface area contributed by atoms with Crippen molar-refractivity contribution >= 4 is 48.7 Å². The maximum atomic E-state index is 12.6. The van der Waals surface area contributed by atoms with E-state index in [4.69, 9.17) is 11.6 Å². The van der Waals surface area contributed by atoms with Gasteiger partial charge in [0.05, 0.1) is 5.69 Å². The highest BCUT2D eigenvalue weighted by Crippen LogP contribution is 2.32. The third-order valence-electron chi connectivity index (χ3n) is 3.43. The van der Waals surface area contributed by atoms with Crippen LogP contribution in [0, 0.1) is 0 Å². The van der Waals surface area contributed by atoms with Crippen LogP contribution in [0.5, 0.6) is 5.75 Å². The number of phenols is 1. The second-order valence-corrected chi connectivity index (χ2v) is 8.48. The molecule has 0 aliphatic rings. The minimum atomic E-state index is -3.69. The van der Waals surface area contributed by atoms with Gasteiger partial charge in [0.1, 0.15) is 9.96 Å². The lowest BCUT2D eigenvalue weighted by Gasteiger charge is -2.11. The number of anilines is 1. The van der Waals surface area contributed by atoms with Crippen molar-refractivity contribution in [3.63, 3.8) is 0 Å². The summed E-state index contributed by atoms with van der Waals surface area (Å²) in [6.07, 6.45) is 0.605. The van der Waals surface area contributed by atoms with Gasteiger partial charge >= 0.3 is 0 Å². The predicted octanol–water partition coefficient (Wildman–Crippen LogP) is 4.62. The molecule has 3 aromatic rings. The molecule has 0 radical (unpaired) electrons. The van der Waals surface area contributed by atoms with Crippen LogP contribution in [-0.2, 0) is 16.4 Å². The van der Waals surface area contributed by atoms with Gasteiger partial charge in [-0.1, -0.05) is 18.5 Å². The number of phenolic OH excluding ortho intramolecular Hbond substituents is 1. The van der Waals surface area contributed by atoms with E-state index in [1.807, 2.05) is 6.92 Å². The highest BCUT2D eigenvalue weighted by atomic mass is 35.5. The number of aryl methyl sites for hydroxylation is 1. The molecule has 0 aliphatic carbocycles. The molecule has 4 nitrogen and oxygen atoms in total. The van der Waals surface area contributed by atoms with Crippen LogP contribution in [0.25, 0.3) is 10.1 Å². The highest BCUT2D eigenvalue weighted by molar-refractivity contribution is 7.94. The summed E-state index contributed by atoms with van der Waals surface area (Å²) >= 11 is 7.13. The first-order valence-corrected chi connectivity index (χ1v) is 9.60. The standard InChI is InChI=1S/C16H14ClNO3S2/c1-2-10-8-13(19)4-5-14(10)18-23(20,21)16-9-11-7-12(17)3-6-15(11)22-16/h3-9,18-19H,2H2,1H3. The summed E-state index contributed by atoms with van der Waals surface area (Å²) in [5.41, 5.74) is 1.21. The van der Waals surface area contributed by atoms with Crippen molar-refractivity contribution in [1.82, 2.24) is 0 Å². The maximum absolute atomic E-state index is 12.6. The van der Waals surface area contributed by atoms with Crippen LogP contribution in [0.3, 0.4) is 0 Å². The van der Waals surface area contributed by atoms with Crippen molar-refractivity contribution in [1.29, 1.82) is 0 Å². The first-order valence-electron chi connectivity index (χ1n) is 6.93. The second kappa shape index (κ2) is 6.03. The molecule has 0 saturated carbocycles. The predicted molar refractivity (Wildman–Crippen MR) is 95.1 cm³/mol. The number of halogens is 1. The minimum absolute atomic E-state index is 0.112. The number of sulfonamides is 1. The molecule has 0 aliphatic heterocycles. The van der Waals surface area contributed by atoms with Crippen LogP contribution in [0.4, 0.5) is 5.69 Å². The number of rotatable bonds is 4. The van der Waals surface area contributed by atoms with Crippen molar-refractivity contribution in [2.24, 2.45) is 0 Å². The molecular weight excluding hydrogens is 354 g/mol. The molecule has 0 bridgehead atoms. The van der Waals surface area contributed by atoms with Crippen molar-refractivity contribution in [3.05, 3.63) is 53.1 Å². The van der Waals surface area contributed by atoms with Crippen LogP contribution < -0.4 is 4.72 Å². The van der Waals surface area contributed by atoms with E-state index in [0.717, 1.165) is 15.6 Å². The Hall–Kier alpha value is -1.76. The Morgan fingerprint density at radius 3 is 2.70 bits per heavy atom. The average Bonchev–Trinajstić information content (AvgIpc) is 2.92. The van der Waals surface area contributed by atoms with Crippen LogP contribution in [0.15, 0.2) is 46.7 Å². The molecule has 1 heterocycles. The molecule has 2 aromatic carbocycles. The summed E-state index contributed by atoms with van der Waals surface area (Å²) < 4.78 is 28.9. The number of nitrogens with one attached hydrogen (secondary N) is 1. The van der Waals surface area contributed by atoms with Gasteiger partial charge in [0, 0.05) is 9.72 Å². The third-order valence-corrected chi connectivity index (χ3v) is 6.62. The molecule has 0 unspecified atom stereocenters. The number of hydrogen-bond acceptors (Lipinski definition) is 4. The monoisotopic (exact) mass is 367 g/mol. The lowest BCUT2D eigenvalue weighted by molar-refractivity contribution is 0.474. The SMILES string of the molecule is CCc1cc(O)ccc1NS(=O)(=O)c1cc2cc(Cl)ccc2s1. The smallest absolute Gasteiger partial charge is 0.271 e. The van der Waals surface area contributed by atoms with Gasteiger partial charge in [-0.2, -0.15) is 0 Å². The Bertz CT molecular complexity index is 980. The van der Waals surface area contributed by atoms with E-state index in [1.54, 1.807) is 36.4 Å². The van der Waals surface area contributed by atoms with E-state index in [1.165, 1.54) is 17.4 Å². The quantitative estimate of drug-likeness (QED) is 0.661. The number of thiophene rings is 1. The number of hydrogen-bond donors (Lipinski definition) is 2. The Kier molecular flexibility index (Phi) is 4.23. The molecule has 0 spiro atoms. The molecule has 0 saturated heterocycles. The van der Waals surface area contributed by atoms with Gasteiger partial charge in [-0.3, -0.25) is 4.72 Å². The fourth-order valence-electron chi connectivity index (χ4n) is 2.29. The van der Waals surface area contributed by atoms with Crippen molar-refractivity contribution in [2.45, 2.75) is 17.6 Å². The molecule has 3 rings (SSSR count). The first kappa shape index (κ1) is 16.1. The van der Waals surface area contributed by atoms with Crippen LogP contribution in [0.1, 0.15) is 12.5 Å². The van der Waals surface area contributed by atoms with Crippen molar-refractivity contribution in [3.8, 4) is 5.75 Å². The van der Waals surface area contributed by atoms with Gasteiger partial charge < -0.3 is 5.11 Å². The molecule has 1 aromatic heterocycles. The van der Waals surface area contributed by atoms with Gasteiger partial charge in [0.2, 0.25) is 0 Å². The number of fused-ring (bicyclic) bond motifs is 1. The zero-order valence-corrected chi connectivity index (χ0v) is 14.6. The molecule has 23 heavy (non-hydrogen) atoms. The van der Waals surface area contributed by atoms with E-state index in [9.17, 15) is 13.5 Å². The Morgan fingerprint density at radius 2 is 1.96 bits per heavy atom. The lowest BCUT2D eigenvalue weighted by atomic mass is 10.1. The Morgan fingerprint density at radius 1 is 1.17 bits per heavy atom. The average molecular weight is 368 g/mol.